The maximum atomic E-state index is 15.1. The first-order chi connectivity index (χ1) is 14.1. The van der Waals surface area contributed by atoms with Crippen LogP contribution in [0.4, 0.5) is 15.8 Å². The average molecular weight is 443 g/mol. The summed E-state index contributed by atoms with van der Waals surface area (Å²) in [7, 11) is 0. The summed E-state index contributed by atoms with van der Waals surface area (Å²) < 4.78 is 15.1. The third kappa shape index (κ3) is 5.93. The van der Waals surface area contributed by atoms with Crippen molar-refractivity contribution in [3.8, 4) is 0 Å². The van der Waals surface area contributed by atoms with E-state index < -0.39 is 0 Å². The van der Waals surface area contributed by atoms with Crippen molar-refractivity contribution in [2.24, 2.45) is 0 Å². The Morgan fingerprint density at radius 2 is 1.76 bits per heavy atom. The molecule has 1 unspecified atom stereocenters. The Hall–Kier alpha value is -1.17. The van der Waals surface area contributed by atoms with Gasteiger partial charge in [-0.2, -0.15) is 0 Å². The van der Waals surface area contributed by atoms with Gasteiger partial charge in [0.1, 0.15) is 11.0 Å². The molecule has 2 aliphatic heterocycles. The van der Waals surface area contributed by atoms with E-state index in [0.29, 0.717) is 22.2 Å². The van der Waals surface area contributed by atoms with E-state index in [0.717, 1.165) is 62.3 Å². The lowest BCUT2D eigenvalue weighted by Gasteiger charge is -2.19. The van der Waals surface area contributed by atoms with Gasteiger partial charge in [0.15, 0.2) is 0 Å². The standard InChI is InChI=1S/C22H33Cl2FN4/c1-2-3-4-5-6-9-18-28-20-16(23)14-17(25)19(21(20)29-18)15-10-13-26-11-7-8-12-27-22(15)24/h14,18,26-29H,2-13H2,1H3/b22-15+. The summed E-state index contributed by atoms with van der Waals surface area (Å²) in [5.74, 6) is -0.335. The van der Waals surface area contributed by atoms with Crippen LogP contribution in [0.25, 0.3) is 5.57 Å². The molecule has 3 rings (SSSR count). The quantitative estimate of drug-likeness (QED) is 0.296. The van der Waals surface area contributed by atoms with E-state index in [1.54, 1.807) is 0 Å². The lowest BCUT2D eigenvalue weighted by molar-refractivity contribution is 0.587. The highest BCUT2D eigenvalue weighted by molar-refractivity contribution is 6.35. The number of anilines is 2. The van der Waals surface area contributed by atoms with Crippen LogP contribution >= 0.6 is 23.2 Å². The smallest absolute Gasteiger partial charge is 0.134 e. The van der Waals surface area contributed by atoms with Gasteiger partial charge in [-0.1, -0.05) is 55.8 Å². The highest BCUT2D eigenvalue weighted by Crippen LogP contribution is 2.45. The van der Waals surface area contributed by atoms with Crippen molar-refractivity contribution < 1.29 is 4.39 Å². The molecule has 0 bridgehead atoms. The lowest BCUT2D eigenvalue weighted by Crippen LogP contribution is -2.23. The van der Waals surface area contributed by atoms with Crippen LogP contribution in [0.1, 0.15) is 70.3 Å². The molecule has 0 radical (unpaired) electrons. The van der Waals surface area contributed by atoms with Crippen molar-refractivity contribution >= 4 is 40.1 Å². The van der Waals surface area contributed by atoms with Crippen LogP contribution in [0.15, 0.2) is 11.2 Å². The molecular formula is C22H33Cl2FN4. The summed E-state index contributed by atoms with van der Waals surface area (Å²) in [6, 6.07) is 1.40. The van der Waals surface area contributed by atoms with Gasteiger partial charge in [0, 0.05) is 17.7 Å². The van der Waals surface area contributed by atoms with Crippen molar-refractivity contribution in [1.82, 2.24) is 10.6 Å². The summed E-state index contributed by atoms with van der Waals surface area (Å²) in [5.41, 5.74) is 2.85. The summed E-state index contributed by atoms with van der Waals surface area (Å²) in [4.78, 5) is 0. The molecular weight excluding hydrogens is 410 g/mol. The van der Waals surface area contributed by atoms with Gasteiger partial charge in [0.25, 0.3) is 0 Å². The molecule has 0 saturated heterocycles. The summed E-state index contributed by atoms with van der Waals surface area (Å²) in [6.45, 7) is 4.73. The van der Waals surface area contributed by atoms with Crippen LogP contribution in [0.5, 0.6) is 0 Å². The Balaban J connectivity index is 1.81. The van der Waals surface area contributed by atoms with Gasteiger partial charge in [0.05, 0.1) is 22.6 Å². The number of benzene rings is 1. The van der Waals surface area contributed by atoms with Crippen LogP contribution in [-0.4, -0.2) is 25.8 Å². The van der Waals surface area contributed by atoms with E-state index in [1.807, 2.05) is 0 Å². The van der Waals surface area contributed by atoms with Gasteiger partial charge < -0.3 is 21.3 Å². The van der Waals surface area contributed by atoms with Gasteiger partial charge in [-0.15, -0.1) is 0 Å². The van der Waals surface area contributed by atoms with Crippen molar-refractivity contribution in [3.05, 3.63) is 27.6 Å². The number of hydrogen-bond donors (Lipinski definition) is 4. The number of rotatable bonds is 7. The van der Waals surface area contributed by atoms with Crippen molar-refractivity contribution in [2.75, 3.05) is 30.3 Å². The van der Waals surface area contributed by atoms with E-state index in [-0.39, 0.29) is 12.0 Å². The summed E-state index contributed by atoms with van der Waals surface area (Å²) >= 11 is 13.0. The van der Waals surface area contributed by atoms with E-state index >= 15 is 4.39 Å². The molecule has 29 heavy (non-hydrogen) atoms. The third-order valence-electron chi connectivity index (χ3n) is 5.64. The normalized spacial score (nSPS) is 22.4. The number of fused-ring (bicyclic) bond motifs is 1. The topological polar surface area (TPSA) is 48.1 Å². The molecule has 7 heteroatoms. The fourth-order valence-corrected chi connectivity index (χ4v) is 4.57. The predicted octanol–water partition coefficient (Wildman–Crippen LogP) is 6.27. The van der Waals surface area contributed by atoms with E-state index in [4.69, 9.17) is 23.2 Å². The van der Waals surface area contributed by atoms with Crippen LogP contribution in [-0.2, 0) is 0 Å². The third-order valence-corrected chi connectivity index (χ3v) is 6.30. The minimum absolute atomic E-state index is 0.0645. The second kappa shape index (κ2) is 11.3. The van der Waals surface area contributed by atoms with Gasteiger partial charge >= 0.3 is 0 Å². The molecule has 0 aromatic heterocycles. The second-order valence-electron chi connectivity index (χ2n) is 7.94. The molecule has 0 spiro atoms. The van der Waals surface area contributed by atoms with Crippen molar-refractivity contribution in [1.29, 1.82) is 0 Å². The zero-order chi connectivity index (χ0) is 20.6. The Labute approximate surface area is 184 Å². The average Bonchev–Trinajstić information content (AvgIpc) is 3.12. The molecule has 0 aliphatic carbocycles. The largest absolute Gasteiger partial charge is 0.376 e. The Morgan fingerprint density at radius 3 is 2.59 bits per heavy atom. The molecule has 162 valence electrons. The highest BCUT2D eigenvalue weighted by atomic mass is 35.5. The number of nitrogens with one attached hydrogen (secondary N) is 4. The van der Waals surface area contributed by atoms with E-state index in [1.165, 1.54) is 31.7 Å². The number of hydrogen-bond acceptors (Lipinski definition) is 4. The first-order valence-corrected chi connectivity index (χ1v) is 11.8. The molecule has 0 amide bonds. The lowest BCUT2D eigenvalue weighted by atomic mass is 9.99. The Bertz CT molecular complexity index is 723. The molecule has 2 heterocycles. The molecule has 1 atom stereocenters. The first-order valence-electron chi connectivity index (χ1n) is 11.0. The van der Waals surface area contributed by atoms with Gasteiger partial charge in [-0.3, -0.25) is 0 Å². The zero-order valence-electron chi connectivity index (χ0n) is 17.3. The summed E-state index contributed by atoms with van der Waals surface area (Å²) in [5, 5.41) is 14.6. The van der Waals surface area contributed by atoms with Crippen LogP contribution in [0.3, 0.4) is 0 Å². The second-order valence-corrected chi connectivity index (χ2v) is 8.72. The van der Waals surface area contributed by atoms with Gasteiger partial charge in [-0.05, 0) is 51.3 Å². The Morgan fingerprint density at radius 1 is 1.00 bits per heavy atom. The first kappa shape index (κ1) is 22.5. The van der Waals surface area contributed by atoms with E-state index in [9.17, 15) is 0 Å². The fourth-order valence-electron chi connectivity index (χ4n) is 4.04. The molecule has 4 nitrogen and oxygen atoms in total. The molecule has 2 aliphatic rings. The number of unbranched alkanes of at least 4 members (excludes halogenated alkanes) is 4. The minimum atomic E-state index is -0.335. The fraction of sp³-hybridized carbons (Fsp3) is 0.636. The maximum Gasteiger partial charge on any atom is 0.134 e. The predicted molar refractivity (Wildman–Crippen MR) is 123 cm³/mol. The zero-order valence-corrected chi connectivity index (χ0v) is 18.8. The van der Waals surface area contributed by atoms with Crippen LogP contribution in [0, 0.1) is 5.82 Å². The molecule has 0 saturated carbocycles. The van der Waals surface area contributed by atoms with Crippen molar-refractivity contribution in [2.45, 2.75) is 70.9 Å². The van der Waals surface area contributed by atoms with Gasteiger partial charge in [0.2, 0.25) is 0 Å². The molecule has 0 fully saturated rings. The minimum Gasteiger partial charge on any atom is -0.376 e. The SMILES string of the molecule is CCCCCCCC1Nc2c(Cl)cc(F)c(/C3=C(\Cl)NCCCCNCC3)c2N1. The van der Waals surface area contributed by atoms with Crippen LogP contribution < -0.4 is 21.3 Å². The van der Waals surface area contributed by atoms with Crippen molar-refractivity contribution in [3.63, 3.8) is 0 Å². The van der Waals surface area contributed by atoms with Gasteiger partial charge in [-0.25, -0.2) is 4.39 Å². The molecule has 1 aromatic carbocycles. The maximum absolute atomic E-state index is 15.1. The highest BCUT2D eigenvalue weighted by Gasteiger charge is 2.29. The molecule has 4 N–H and O–H groups in total. The number of halogens is 3. The van der Waals surface area contributed by atoms with Crippen LogP contribution in [0.2, 0.25) is 5.02 Å². The summed E-state index contributed by atoms with van der Waals surface area (Å²) in [6.07, 6.45) is 9.94. The monoisotopic (exact) mass is 442 g/mol. The molecule has 1 aromatic rings. The van der Waals surface area contributed by atoms with E-state index in [2.05, 4.69) is 28.2 Å². The Kier molecular flexibility index (Phi) is 8.76.